The van der Waals surface area contributed by atoms with Gasteiger partial charge in [0, 0.05) is 23.4 Å². The second-order valence-electron chi connectivity index (χ2n) is 5.64. The largest absolute Gasteiger partial charge is 0.343 e. The first-order valence-corrected chi connectivity index (χ1v) is 8.96. The fourth-order valence-corrected chi connectivity index (χ4v) is 2.99. The van der Waals surface area contributed by atoms with Gasteiger partial charge in [0.05, 0.1) is 11.4 Å². The standard InChI is InChI=1S/C19H16BrFN4O2/c1-2-25-11-12(20)9-17(25)19(27)24-16-10-13(21)6-7-14(16)23-18(26)15-5-3-4-8-22-15/h3-11H,2H2,1H3,(H,23,26)(H,24,27). The minimum Gasteiger partial charge on any atom is -0.343 e. The number of carbonyl (C=O) groups is 2. The molecule has 0 saturated carbocycles. The smallest absolute Gasteiger partial charge is 0.274 e. The van der Waals surface area contributed by atoms with E-state index >= 15 is 0 Å². The lowest BCUT2D eigenvalue weighted by Gasteiger charge is -2.13. The van der Waals surface area contributed by atoms with Gasteiger partial charge in [0.15, 0.2) is 0 Å². The SMILES string of the molecule is CCn1cc(Br)cc1C(=O)Nc1cc(F)ccc1NC(=O)c1ccccn1. The molecule has 2 N–H and O–H groups in total. The van der Waals surface area contributed by atoms with Gasteiger partial charge in [0.25, 0.3) is 11.8 Å². The molecular weight excluding hydrogens is 415 g/mol. The van der Waals surface area contributed by atoms with Gasteiger partial charge >= 0.3 is 0 Å². The number of aromatic nitrogens is 2. The minimum absolute atomic E-state index is 0.157. The Balaban J connectivity index is 1.86. The number of carbonyl (C=O) groups excluding carboxylic acids is 2. The van der Waals surface area contributed by atoms with Crippen LogP contribution in [-0.2, 0) is 6.54 Å². The number of nitrogens with one attached hydrogen (secondary N) is 2. The average Bonchev–Trinajstić information content (AvgIpc) is 3.05. The number of pyridine rings is 1. The van der Waals surface area contributed by atoms with E-state index in [1.165, 1.54) is 18.3 Å². The van der Waals surface area contributed by atoms with E-state index < -0.39 is 17.6 Å². The number of rotatable bonds is 5. The van der Waals surface area contributed by atoms with E-state index in [4.69, 9.17) is 0 Å². The highest BCUT2D eigenvalue weighted by Crippen LogP contribution is 2.25. The van der Waals surface area contributed by atoms with E-state index in [0.717, 1.165) is 10.5 Å². The minimum atomic E-state index is -0.534. The highest BCUT2D eigenvalue weighted by atomic mass is 79.9. The quantitative estimate of drug-likeness (QED) is 0.632. The van der Waals surface area contributed by atoms with Gasteiger partial charge in [-0.1, -0.05) is 6.07 Å². The first-order valence-electron chi connectivity index (χ1n) is 8.17. The molecule has 0 atom stereocenters. The summed E-state index contributed by atoms with van der Waals surface area (Å²) in [5, 5.41) is 5.30. The van der Waals surface area contributed by atoms with Crippen molar-refractivity contribution in [2.75, 3.05) is 10.6 Å². The molecule has 0 radical (unpaired) electrons. The van der Waals surface area contributed by atoms with Gasteiger partial charge in [-0.15, -0.1) is 0 Å². The summed E-state index contributed by atoms with van der Waals surface area (Å²) < 4.78 is 16.2. The van der Waals surface area contributed by atoms with Gasteiger partial charge in [0.1, 0.15) is 17.2 Å². The zero-order valence-corrected chi connectivity index (χ0v) is 16.0. The van der Waals surface area contributed by atoms with E-state index in [-0.39, 0.29) is 17.1 Å². The van der Waals surface area contributed by atoms with Crippen LogP contribution in [0.3, 0.4) is 0 Å². The Bertz CT molecular complexity index is 989. The number of anilines is 2. The fraction of sp³-hybridized carbons (Fsp3) is 0.105. The van der Waals surface area contributed by atoms with Crippen LogP contribution in [0.15, 0.2) is 59.3 Å². The lowest BCUT2D eigenvalue weighted by molar-refractivity contribution is 0.100. The molecule has 138 valence electrons. The van der Waals surface area contributed by atoms with Crippen molar-refractivity contribution >= 4 is 39.1 Å². The van der Waals surface area contributed by atoms with Crippen molar-refractivity contribution in [3.05, 3.63) is 76.5 Å². The molecule has 2 aromatic heterocycles. The molecule has 0 saturated heterocycles. The Morgan fingerprint density at radius 2 is 1.89 bits per heavy atom. The molecule has 0 aliphatic rings. The normalized spacial score (nSPS) is 10.5. The Hall–Kier alpha value is -3.00. The molecule has 8 heteroatoms. The molecule has 1 aromatic carbocycles. The Labute approximate surface area is 163 Å². The number of halogens is 2. The van der Waals surface area contributed by atoms with Gasteiger partial charge in [-0.3, -0.25) is 14.6 Å². The molecule has 0 fully saturated rings. The summed E-state index contributed by atoms with van der Waals surface area (Å²) in [5.74, 6) is -1.41. The first-order chi connectivity index (χ1) is 13.0. The van der Waals surface area contributed by atoms with Crippen LogP contribution in [0.5, 0.6) is 0 Å². The van der Waals surface area contributed by atoms with Crippen molar-refractivity contribution in [1.82, 2.24) is 9.55 Å². The first kappa shape index (κ1) is 18.8. The van der Waals surface area contributed by atoms with Crippen LogP contribution in [0.25, 0.3) is 0 Å². The molecule has 2 amide bonds. The van der Waals surface area contributed by atoms with Crippen LogP contribution < -0.4 is 10.6 Å². The summed E-state index contributed by atoms with van der Waals surface area (Å²) in [5.41, 5.74) is 1.05. The van der Waals surface area contributed by atoms with E-state index in [2.05, 4.69) is 31.5 Å². The Kier molecular flexibility index (Phi) is 5.66. The van der Waals surface area contributed by atoms with Crippen molar-refractivity contribution < 1.29 is 14.0 Å². The lowest BCUT2D eigenvalue weighted by atomic mass is 10.2. The second kappa shape index (κ2) is 8.13. The van der Waals surface area contributed by atoms with Crippen molar-refractivity contribution in [3.63, 3.8) is 0 Å². The maximum absolute atomic E-state index is 13.7. The maximum Gasteiger partial charge on any atom is 0.274 e. The van der Waals surface area contributed by atoms with Crippen LogP contribution in [0.2, 0.25) is 0 Å². The van der Waals surface area contributed by atoms with E-state index in [0.29, 0.717) is 12.2 Å². The summed E-state index contributed by atoms with van der Waals surface area (Å²) >= 11 is 3.34. The Morgan fingerprint density at radius 1 is 1.11 bits per heavy atom. The van der Waals surface area contributed by atoms with Crippen LogP contribution >= 0.6 is 15.9 Å². The molecule has 3 aromatic rings. The van der Waals surface area contributed by atoms with Gasteiger partial charge < -0.3 is 15.2 Å². The summed E-state index contributed by atoms with van der Waals surface area (Å²) in [6.07, 6.45) is 3.28. The van der Waals surface area contributed by atoms with E-state index in [1.807, 2.05) is 6.92 Å². The maximum atomic E-state index is 13.7. The molecule has 0 aliphatic carbocycles. The monoisotopic (exact) mass is 430 g/mol. The predicted molar refractivity (Wildman–Crippen MR) is 104 cm³/mol. The molecule has 2 heterocycles. The van der Waals surface area contributed by atoms with Crippen molar-refractivity contribution in [3.8, 4) is 0 Å². The van der Waals surface area contributed by atoms with Crippen molar-refractivity contribution in [1.29, 1.82) is 0 Å². The van der Waals surface area contributed by atoms with E-state index in [1.54, 1.807) is 35.0 Å². The summed E-state index contributed by atoms with van der Waals surface area (Å²) in [4.78, 5) is 28.9. The van der Waals surface area contributed by atoms with Gasteiger partial charge in [-0.25, -0.2) is 4.39 Å². The highest BCUT2D eigenvalue weighted by molar-refractivity contribution is 9.10. The van der Waals surface area contributed by atoms with Crippen LogP contribution in [0.4, 0.5) is 15.8 Å². The second-order valence-corrected chi connectivity index (χ2v) is 6.56. The van der Waals surface area contributed by atoms with Gasteiger partial charge in [-0.05, 0) is 59.3 Å². The predicted octanol–water partition coefficient (Wildman–Crippen LogP) is 4.31. The summed E-state index contributed by atoms with van der Waals surface area (Å²) in [6.45, 7) is 2.50. The fourth-order valence-electron chi connectivity index (χ4n) is 2.53. The molecule has 0 unspecified atom stereocenters. The summed E-state index contributed by atoms with van der Waals surface area (Å²) in [7, 11) is 0. The van der Waals surface area contributed by atoms with Crippen molar-refractivity contribution in [2.45, 2.75) is 13.5 Å². The van der Waals surface area contributed by atoms with Crippen LogP contribution in [0.1, 0.15) is 27.9 Å². The molecule has 6 nitrogen and oxygen atoms in total. The zero-order valence-electron chi connectivity index (χ0n) is 14.4. The molecule has 0 aliphatic heterocycles. The number of aryl methyl sites for hydroxylation is 1. The number of hydrogen-bond acceptors (Lipinski definition) is 3. The molecular formula is C19H16BrFN4O2. The van der Waals surface area contributed by atoms with Crippen LogP contribution in [-0.4, -0.2) is 21.4 Å². The topological polar surface area (TPSA) is 76.0 Å². The third-order valence-corrected chi connectivity index (χ3v) is 4.25. The lowest BCUT2D eigenvalue weighted by Crippen LogP contribution is -2.19. The molecule has 0 spiro atoms. The number of nitrogens with zero attached hydrogens (tertiary/aromatic N) is 2. The zero-order chi connectivity index (χ0) is 19.4. The molecule has 27 heavy (non-hydrogen) atoms. The Morgan fingerprint density at radius 3 is 2.59 bits per heavy atom. The van der Waals surface area contributed by atoms with Crippen molar-refractivity contribution in [2.24, 2.45) is 0 Å². The molecule has 0 bridgehead atoms. The van der Waals surface area contributed by atoms with E-state index in [9.17, 15) is 14.0 Å². The average molecular weight is 431 g/mol. The number of benzene rings is 1. The third kappa shape index (κ3) is 4.40. The van der Waals surface area contributed by atoms with Gasteiger partial charge in [-0.2, -0.15) is 0 Å². The highest BCUT2D eigenvalue weighted by Gasteiger charge is 2.16. The number of amides is 2. The summed E-state index contributed by atoms with van der Waals surface area (Å²) in [6, 6.07) is 10.4. The van der Waals surface area contributed by atoms with Gasteiger partial charge in [0.2, 0.25) is 0 Å². The third-order valence-electron chi connectivity index (χ3n) is 3.81. The molecule has 3 rings (SSSR count). The van der Waals surface area contributed by atoms with Crippen LogP contribution in [0, 0.1) is 5.82 Å². The number of hydrogen-bond donors (Lipinski definition) is 2.